The van der Waals surface area contributed by atoms with Crippen LogP contribution < -0.4 is 5.32 Å². The van der Waals surface area contributed by atoms with E-state index in [4.69, 9.17) is 5.11 Å². The van der Waals surface area contributed by atoms with Crippen molar-refractivity contribution >= 4 is 17.6 Å². The molecule has 1 amide bonds. The summed E-state index contributed by atoms with van der Waals surface area (Å²) in [5.41, 5.74) is 2.06. The Morgan fingerprint density at radius 3 is 2.48 bits per heavy atom. The van der Waals surface area contributed by atoms with Gasteiger partial charge >= 0.3 is 5.97 Å². The van der Waals surface area contributed by atoms with Crippen molar-refractivity contribution in [1.29, 1.82) is 0 Å². The number of carboxylic acids is 1. The lowest BCUT2D eigenvalue weighted by Gasteiger charge is -2.07. The van der Waals surface area contributed by atoms with E-state index in [-0.39, 0.29) is 18.1 Å². The molecule has 2 N–H and O–H groups in total. The second kappa shape index (κ2) is 6.21. The van der Waals surface area contributed by atoms with E-state index in [0.717, 1.165) is 0 Å². The van der Waals surface area contributed by atoms with Crippen molar-refractivity contribution in [3.05, 3.63) is 47.8 Å². The van der Waals surface area contributed by atoms with Crippen molar-refractivity contribution in [3.8, 4) is 0 Å². The van der Waals surface area contributed by atoms with Crippen molar-refractivity contribution in [2.75, 3.05) is 5.32 Å². The Hall–Kier alpha value is -2.63. The molecule has 0 bridgehead atoms. The molecule has 0 spiro atoms. The number of amides is 1. The molecular weight excluding hydrogens is 270 g/mol. The number of hydrogen-bond donors (Lipinski definition) is 2. The number of rotatable bonds is 5. The highest BCUT2D eigenvalue weighted by atomic mass is 16.4. The zero-order chi connectivity index (χ0) is 15.4. The van der Waals surface area contributed by atoms with Crippen LogP contribution in [0.2, 0.25) is 0 Å². The van der Waals surface area contributed by atoms with Crippen LogP contribution in [0, 0.1) is 0 Å². The summed E-state index contributed by atoms with van der Waals surface area (Å²) in [5, 5.41) is 15.3. The van der Waals surface area contributed by atoms with Crippen LogP contribution in [-0.4, -0.2) is 26.8 Å². The number of benzene rings is 1. The first kappa shape index (κ1) is 14.8. The van der Waals surface area contributed by atoms with Gasteiger partial charge in [-0.2, -0.15) is 5.10 Å². The summed E-state index contributed by atoms with van der Waals surface area (Å²) in [4.78, 5) is 22.6. The number of nitrogens with zero attached hydrogens (tertiary/aromatic N) is 2. The van der Waals surface area contributed by atoms with Gasteiger partial charge in [0.05, 0.1) is 0 Å². The molecule has 0 saturated carbocycles. The minimum atomic E-state index is -1.01. The molecule has 110 valence electrons. The van der Waals surface area contributed by atoms with Gasteiger partial charge in [0, 0.05) is 11.9 Å². The van der Waals surface area contributed by atoms with Crippen molar-refractivity contribution in [3.63, 3.8) is 0 Å². The molecule has 0 radical (unpaired) electrons. The van der Waals surface area contributed by atoms with Crippen LogP contribution in [0.25, 0.3) is 0 Å². The molecule has 0 saturated heterocycles. The van der Waals surface area contributed by atoms with Gasteiger partial charge in [0.25, 0.3) is 5.91 Å². The maximum Gasteiger partial charge on any atom is 0.325 e. The minimum absolute atomic E-state index is 0.184. The van der Waals surface area contributed by atoms with Gasteiger partial charge in [0.2, 0.25) is 0 Å². The second-order valence-electron chi connectivity index (χ2n) is 5.02. The Morgan fingerprint density at radius 1 is 1.24 bits per heavy atom. The zero-order valence-electron chi connectivity index (χ0n) is 11.9. The quantitative estimate of drug-likeness (QED) is 0.884. The first-order valence-electron chi connectivity index (χ1n) is 6.62. The SMILES string of the molecule is CC(C)c1ccc(NC(=O)c2ccn(CC(=O)O)n2)cc1. The average Bonchev–Trinajstić information content (AvgIpc) is 2.87. The molecule has 0 aliphatic carbocycles. The van der Waals surface area contributed by atoms with E-state index in [1.165, 1.54) is 22.5 Å². The van der Waals surface area contributed by atoms with Gasteiger partial charge < -0.3 is 10.4 Å². The topological polar surface area (TPSA) is 84.2 Å². The maximum atomic E-state index is 12.0. The first-order chi connectivity index (χ1) is 9.95. The van der Waals surface area contributed by atoms with Crippen LogP contribution in [0.5, 0.6) is 0 Å². The number of carbonyl (C=O) groups excluding carboxylic acids is 1. The molecule has 1 aromatic heterocycles. The average molecular weight is 287 g/mol. The van der Waals surface area contributed by atoms with Crippen LogP contribution in [-0.2, 0) is 11.3 Å². The fourth-order valence-corrected chi connectivity index (χ4v) is 1.86. The zero-order valence-corrected chi connectivity index (χ0v) is 11.9. The van der Waals surface area contributed by atoms with E-state index in [1.54, 1.807) is 0 Å². The molecule has 21 heavy (non-hydrogen) atoms. The Balaban J connectivity index is 2.03. The van der Waals surface area contributed by atoms with E-state index in [0.29, 0.717) is 11.6 Å². The molecule has 1 aromatic carbocycles. The van der Waals surface area contributed by atoms with Crippen LogP contribution in [0.15, 0.2) is 36.5 Å². The monoisotopic (exact) mass is 287 g/mol. The summed E-state index contributed by atoms with van der Waals surface area (Å²) in [6.07, 6.45) is 1.46. The highest BCUT2D eigenvalue weighted by Gasteiger charge is 2.11. The Labute approximate surface area is 122 Å². The Kier molecular flexibility index (Phi) is 4.37. The van der Waals surface area contributed by atoms with Gasteiger partial charge in [-0.25, -0.2) is 0 Å². The summed E-state index contributed by atoms with van der Waals surface area (Å²) in [7, 11) is 0. The van der Waals surface area contributed by atoms with Crippen molar-refractivity contribution in [1.82, 2.24) is 9.78 Å². The molecule has 0 fully saturated rings. The molecule has 6 heteroatoms. The summed E-state index contributed by atoms with van der Waals surface area (Å²) in [6, 6.07) is 9.08. The number of hydrogen-bond acceptors (Lipinski definition) is 3. The molecule has 0 aliphatic heterocycles. The molecule has 0 aliphatic rings. The van der Waals surface area contributed by atoms with E-state index in [1.807, 2.05) is 24.3 Å². The maximum absolute atomic E-state index is 12.0. The summed E-state index contributed by atoms with van der Waals surface area (Å²) >= 11 is 0. The highest BCUT2D eigenvalue weighted by molar-refractivity contribution is 6.02. The molecule has 2 aromatic rings. The summed E-state index contributed by atoms with van der Waals surface area (Å²) in [6.45, 7) is 3.93. The predicted octanol–water partition coefficient (Wildman–Crippen LogP) is 2.34. The minimum Gasteiger partial charge on any atom is -0.480 e. The number of carboxylic acid groups (broad SMARTS) is 1. The normalized spacial score (nSPS) is 10.6. The van der Waals surface area contributed by atoms with Crippen LogP contribution >= 0.6 is 0 Å². The Bertz CT molecular complexity index is 644. The lowest BCUT2D eigenvalue weighted by Crippen LogP contribution is -2.15. The van der Waals surface area contributed by atoms with Gasteiger partial charge in [-0.1, -0.05) is 26.0 Å². The number of anilines is 1. The first-order valence-corrected chi connectivity index (χ1v) is 6.62. The smallest absolute Gasteiger partial charge is 0.325 e. The number of carbonyl (C=O) groups is 2. The molecular formula is C15H17N3O3. The number of aliphatic carboxylic acids is 1. The van der Waals surface area contributed by atoms with Gasteiger partial charge in [0.1, 0.15) is 6.54 Å². The van der Waals surface area contributed by atoms with Crippen LogP contribution in [0.3, 0.4) is 0 Å². The number of aromatic nitrogens is 2. The molecule has 2 rings (SSSR count). The van der Waals surface area contributed by atoms with E-state index in [2.05, 4.69) is 24.3 Å². The van der Waals surface area contributed by atoms with Gasteiger partial charge in [0.15, 0.2) is 5.69 Å². The van der Waals surface area contributed by atoms with Crippen molar-refractivity contribution < 1.29 is 14.7 Å². The summed E-state index contributed by atoms with van der Waals surface area (Å²) < 4.78 is 1.21. The fourth-order valence-electron chi connectivity index (χ4n) is 1.86. The van der Waals surface area contributed by atoms with Gasteiger partial charge in [-0.3, -0.25) is 14.3 Å². The van der Waals surface area contributed by atoms with Crippen molar-refractivity contribution in [2.24, 2.45) is 0 Å². The molecule has 0 atom stereocenters. The predicted molar refractivity (Wildman–Crippen MR) is 78.3 cm³/mol. The third kappa shape index (κ3) is 3.92. The largest absolute Gasteiger partial charge is 0.480 e. The molecule has 6 nitrogen and oxygen atoms in total. The standard InChI is InChI=1S/C15H17N3O3/c1-10(2)11-3-5-12(6-4-11)16-15(21)13-7-8-18(17-13)9-14(19)20/h3-8,10H,9H2,1-2H3,(H,16,21)(H,19,20). The van der Waals surface area contributed by atoms with Crippen molar-refractivity contribution in [2.45, 2.75) is 26.3 Å². The fraction of sp³-hybridized carbons (Fsp3) is 0.267. The summed E-state index contributed by atoms with van der Waals surface area (Å²) in [5.74, 6) is -0.938. The Morgan fingerprint density at radius 2 is 1.90 bits per heavy atom. The second-order valence-corrected chi connectivity index (χ2v) is 5.02. The van der Waals surface area contributed by atoms with E-state index >= 15 is 0 Å². The molecule has 1 heterocycles. The molecule has 0 unspecified atom stereocenters. The highest BCUT2D eigenvalue weighted by Crippen LogP contribution is 2.17. The number of nitrogens with one attached hydrogen (secondary N) is 1. The van der Waals surface area contributed by atoms with Gasteiger partial charge in [-0.05, 0) is 29.7 Å². The van der Waals surface area contributed by atoms with Gasteiger partial charge in [-0.15, -0.1) is 0 Å². The van der Waals surface area contributed by atoms with E-state index in [9.17, 15) is 9.59 Å². The van der Waals surface area contributed by atoms with Crippen LogP contribution in [0.1, 0.15) is 35.8 Å². The van der Waals surface area contributed by atoms with Crippen LogP contribution in [0.4, 0.5) is 5.69 Å². The lowest BCUT2D eigenvalue weighted by molar-refractivity contribution is -0.137. The lowest BCUT2D eigenvalue weighted by atomic mass is 10.0. The van der Waals surface area contributed by atoms with E-state index < -0.39 is 5.97 Å². The third-order valence-corrected chi connectivity index (χ3v) is 3.01. The third-order valence-electron chi connectivity index (χ3n) is 3.01.